The fourth-order valence-corrected chi connectivity index (χ4v) is 4.77. The highest BCUT2D eigenvalue weighted by atomic mass is 15.3. The second kappa shape index (κ2) is 3.50. The Hall–Kier alpha value is -0.0400. The summed E-state index contributed by atoms with van der Waals surface area (Å²) in [6, 6.07) is 1.64. The van der Waals surface area contributed by atoms with Crippen LogP contribution in [0.3, 0.4) is 0 Å². The zero-order chi connectivity index (χ0) is 13.2. The van der Waals surface area contributed by atoms with Crippen LogP contribution in [0.2, 0.25) is 0 Å². The first-order valence-electron chi connectivity index (χ1n) is 7.24. The van der Waals surface area contributed by atoms with Gasteiger partial charge in [0.15, 0.2) is 0 Å². The van der Waals surface area contributed by atoms with E-state index < -0.39 is 0 Å². The molecule has 0 radical (unpaired) electrons. The molecule has 1 heteroatoms. The van der Waals surface area contributed by atoms with Crippen LogP contribution in [-0.4, -0.2) is 22.5 Å². The normalized spacial score (nSPS) is 37.8. The second-order valence-corrected chi connectivity index (χ2v) is 8.96. The van der Waals surface area contributed by atoms with Gasteiger partial charge < -0.3 is 0 Å². The lowest BCUT2D eigenvalue weighted by molar-refractivity contribution is -0.194. The lowest BCUT2D eigenvalue weighted by Gasteiger charge is -2.69. The number of nitrogens with zero attached hydrogens (tertiary/aromatic N) is 1. The molecule has 17 heavy (non-hydrogen) atoms. The molecule has 1 saturated carbocycles. The van der Waals surface area contributed by atoms with Crippen LogP contribution in [0.1, 0.15) is 68.2 Å². The number of rotatable bonds is 0. The Balaban J connectivity index is 2.25. The van der Waals surface area contributed by atoms with E-state index in [-0.39, 0.29) is 0 Å². The predicted molar refractivity (Wildman–Crippen MR) is 75.1 cm³/mol. The summed E-state index contributed by atoms with van der Waals surface area (Å²) in [5.41, 5.74) is 1.25. The van der Waals surface area contributed by atoms with Crippen LogP contribution in [0.25, 0.3) is 0 Å². The van der Waals surface area contributed by atoms with Crippen molar-refractivity contribution in [2.24, 2.45) is 16.7 Å². The molecule has 2 saturated heterocycles. The van der Waals surface area contributed by atoms with Crippen molar-refractivity contribution in [1.82, 2.24) is 4.90 Å². The van der Waals surface area contributed by atoms with Crippen LogP contribution in [0.15, 0.2) is 0 Å². The molecule has 0 N–H and O–H groups in total. The fourth-order valence-electron chi connectivity index (χ4n) is 4.77. The molecule has 2 aliphatic heterocycles. The van der Waals surface area contributed by atoms with Crippen molar-refractivity contribution < 1.29 is 0 Å². The Morgan fingerprint density at radius 1 is 0.941 bits per heavy atom. The quantitative estimate of drug-likeness (QED) is 0.606. The Labute approximate surface area is 108 Å². The fraction of sp³-hybridized carbons (Fsp3) is 1.00. The van der Waals surface area contributed by atoms with Gasteiger partial charge in [-0.15, -0.1) is 0 Å². The highest BCUT2D eigenvalue weighted by Crippen LogP contribution is 2.59. The van der Waals surface area contributed by atoms with Gasteiger partial charge in [-0.3, -0.25) is 4.90 Å². The molecule has 3 unspecified atom stereocenters. The Morgan fingerprint density at radius 3 is 1.82 bits per heavy atom. The number of hydrogen-bond acceptors (Lipinski definition) is 1. The molecule has 3 rings (SSSR count). The predicted octanol–water partition coefficient (Wildman–Crippen LogP) is 4.32. The maximum absolute atomic E-state index is 2.79. The molecular formula is C16H31N. The molecule has 3 atom stereocenters. The van der Waals surface area contributed by atoms with Crippen LogP contribution >= 0.6 is 0 Å². The van der Waals surface area contributed by atoms with Gasteiger partial charge in [0.25, 0.3) is 0 Å². The minimum Gasteiger partial charge on any atom is -0.292 e. The van der Waals surface area contributed by atoms with Gasteiger partial charge in [-0.05, 0) is 50.4 Å². The first-order chi connectivity index (χ1) is 7.45. The summed E-state index contributed by atoms with van der Waals surface area (Å²) in [6.45, 7) is 19.4. The van der Waals surface area contributed by atoms with Gasteiger partial charge in [0, 0.05) is 17.6 Å². The number of piperidine rings is 1. The van der Waals surface area contributed by atoms with Crippen molar-refractivity contribution in [1.29, 1.82) is 0 Å². The third-order valence-corrected chi connectivity index (χ3v) is 5.31. The largest absolute Gasteiger partial charge is 0.292 e. The second-order valence-electron chi connectivity index (χ2n) is 8.96. The van der Waals surface area contributed by atoms with E-state index in [4.69, 9.17) is 0 Å². The van der Waals surface area contributed by atoms with E-state index >= 15 is 0 Å². The molecule has 0 aromatic heterocycles. The smallest absolute Gasteiger partial charge is 0.0172 e. The van der Waals surface area contributed by atoms with Crippen LogP contribution in [0, 0.1) is 16.7 Å². The minimum atomic E-state index is 0.341. The minimum absolute atomic E-state index is 0.341. The van der Waals surface area contributed by atoms with Gasteiger partial charge in [0.2, 0.25) is 0 Å². The standard InChI is InChI=1S/C16H31N/c1-14(2,3)12-9-11-10-13(16(12,7)8)17(11)15(4,5)6/h11-13H,9-10H2,1-8H3. The molecule has 100 valence electrons. The Bertz CT molecular complexity index is 302. The van der Waals surface area contributed by atoms with Crippen molar-refractivity contribution in [3.63, 3.8) is 0 Å². The molecule has 1 aliphatic carbocycles. The molecular weight excluding hydrogens is 206 g/mol. The van der Waals surface area contributed by atoms with Gasteiger partial charge in [-0.25, -0.2) is 0 Å². The molecule has 0 aromatic rings. The van der Waals surface area contributed by atoms with E-state index in [1.54, 1.807) is 0 Å². The molecule has 2 bridgehead atoms. The maximum atomic E-state index is 2.79. The molecule has 0 spiro atoms. The summed E-state index contributed by atoms with van der Waals surface area (Å²) in [4.78, 5) is 2.79. The van der Waals surface area contributed by atoms with E-state index in [1.807, 2.05) is 0 Å². The zero-order valence-corrected chi connectivity index (χ0v) is 13.1. The summed E-state index contributed by atoms with van der Waals surface area (Å²) in [7, 11) is 0. The molecule has 2 heterocycles. The van der Waals surface area contributed by atoms with Gasteiger partial charge in [-0.2, -0.15) is 0 Å². The van der Waals surface area contributed by atoms with E-state index in [0.29, 0.717) is 16.4 Å². The third-order valence-electron chi connectivity index (χ3n) is 5.31. The van der Waals surface area contributed by atoms with E-state index in [9.17, 15) is 0 Å². The third kappa shape index (κ3) is 1.95. The first kappa shape index (κ1) is 13.4. The molecule has 3 aliphatic rings. The average molecular weight is 237 g/mol. The summed E-state index contributed by atoms with van der Waals surface area (Å²) >= 11 is 0. The number of fused-ring (bicyclic) bond motifs is 2. The average Bonchev–Trinajstić information content (AvgIpc) is 1.93. The topological polar surface area (TPSA) is 3.24 Å². The molecule has 0 aromatic carbocycles. The highest BCUT2D eigenvalue weighted by Gasteiger charge is 2.60. The first-order valence-corrected chi connectivity index (χ1v) is 7.24. The van der Waals surface area contributed by atoms with E-state index in [1.165, 1.54) is 12.8 Å². The molecule has 1 nitrogen and oxygen atoms in total. The summed E-state index contributed by atoms with van der Waals surface area (Å²) < 4.78 is 0. The van der Waals surface area contributed by atoms with Crippen molar-refractivity contribution in [3.05, 3.63) is 0 Å². The van der Waals surface area contributed by atoms with Gasteiger partial charge in [0.05, 0.1) is 0 Å². The number of hydrogen-bond donors (Lipinski definition) is 0. The Morgan fingerprint density at radius 2 is 1.47 bits per heavy atom. The van der Waals surface area contributed by atoms with Crippen LogP contribution in [-0.2, 0) is 0 Å². The van der Waals surface area contributed by atoms with Gasteiger partial charge in [-0.1, -0.05) is 34.6 Å². The van der Waals surface area contributed by atoms with Crippen molar-refractivity contribution in [2.45, 2.75) is 85.9 Å². The van der Waals surface area contributed by atoms with Crippen molar-refractivity contribution in [2.75, 3.05) is 0 Å². The summed E-state index contributed by atoms with van der Waals surface area (Å²) in [5.74, 6) is 0.859. The van der Waals surface area contributed by atoms with E-state index in [2.05, 4.69) is 60.3 Å². The summed E-state index contributed by atoms with van der Waals surface area (Å²) in [6.07, 6.45) is 2.82. The highest BCUT2D eigenvalue weighted by molar-refractivity contribution is 5.13. The van der Waals surface area contributed by atoms with Crippen LogP contribution in [0.4, 0.5) is 0 Å². The van der Waals surface area contributed by atoms with Gasteiger partial charge >= 0.3 is 0 Å². The Kier molecular flexibility index (Phi) is 2.75. The SMILES string of the molecule is CC(C)(C)C1CC2CC(N2C(C)(C)C)C1(C)C. The van der Waals surface area contributed by atoms with Gasteiger partial charge in [0.1, 0.15) is 0 Å². The lowest BCUT2D eigenvalue weighted by Crippen LogP contribution is -2.73. The molecule has 0 amide bonds. The summed E-state index contributed by atoms with van der Waals surface area (Å²) in [5, 5.41) is 0. The zero-order valence-electron chi connectivity index (χ0n) is 13.1. The van der Waals surface area contributed by atoms with Crippen LogP contribution in [0.5, 0.6) is 0 Å². The van der Waals surface area contributed by atoms with Crippen molar-refractivity contribution >= 4 is 0 Å². The monoisotopic (exact) mass is 237 g/mol. The molecule has 3 fully saturated rings. The van der Waals surface area contributed by atoms with Crippen LogP contribution < -0.4 is 0 Å². The van der Waals surface area contributed by atoms with E-state index in [0.717, 1.165) is 18.0 Å². The lowest BCUT2D eigenvalue weighted by atomic mass is 9.51. The van der Waals surface area contributed by atoms with Crippen molar-refractivity contribution in [3.8, 4) is 0 Å². The maximum Gasteiger partial charge on any atom is 0.0172 e.